The van der Waals surface area contributed by atoms with E-state index < -0.39 is 0 Å². The fourth-order valence-corrected chi connectivity index (χ4v) is 0.530. The van der Waals surface area contributed by atoms with E-state index in [0.29, 0.717) is 11.7 Å². The summed E-state index contributed by atoms with van der Waals surface area (Å²) in [5.74, 6) is 1.65. The van der Waals surface area contributed by atoms with Crippen molar-refractivity contribution >= 4 is 5.84 Å². The fraction of sp³-hybridized carbons (Fsp3) is 0.500. The zero-order chi connectivity index (χ0) is 6.85. The second-order valence-corrected chi connectivity index (χ2v) is 2.24. The van der Waals surface area contributed by atoms with Crippen LogP contribution in [-0.4, -0.2) is 5.84 Å². The summed E-state index contributed by atoms with van der Waals surface area (Å²) >= 11 is 0. The molecule has 0 spiro atoms. The smallest absolute Gasteiger partial charge is 0.169 e. The van der Waals surface area contributed by atoms with Crippen molar-refractivity contribution in [1.29, 1.82) is 0 Å². The zero-order valence-electron chi connectivity index (χ0n) is 5.63. The molecule has 0 aromatic heterocycles. The lowest BCUT2D eigenvalue weighted by atomic mass is 10.2. The van der Waals surface area contributed by atoms with Gasteiger partial charge in [0.25, 0.3) is 0 Å². The van der Waals surface area contributed by atoms with Gasteiger partial charge in [-0.2, -0.15) is 0 Å². The van der Waals surface area contributed by atoms with Crippen LogP contribution < -0.4 is 0 Å². The molecule has 0 bridgehead atoms. The second kappa shape index (κ2) is 2.09. The van der Waals surface area contributed by atoms with Crippen molar-refractivity contribution in [3.63, 3.8) is 0 Å². The molecular weight excluding hydrogens is 114 g/mol. The first kappa shape index (κ1) is 6.13. The number of aliphatic imine (C=N–C) groups is 1. The summed E-state index contributed by atoms with van der Waals surface area (Å²) in [4.78, 5) is 3.98. The van der Waals surface area contributed by atoms with Crippen LogP contribution in [0, 0.1) is 5.92 Å². The molecule has 0 N–H and O–H groups in total. The van der Waals surface area contributed by atoms with Gasteiger partial charge in [0.15, 0.2) is 11.7 Å². The largest absolute Gasteiger partial charge is 0.210 e. The minimum Gasteiger partial charge on any atom is -0.210 e. The summed E-state index contributed by atoms with van der Waals surface area (Å²) in [6.07, 6.45) is 0. The van der Waals surface area contributed by atoms with E-state index in [1.807, 2.05) is 13.8 Å². The monoisotopic (exact) mass is 123 g/mol. The lowest BCUT2D eigenvalue weighted by molar-refractivity contribution is 0.873. The van der Waals surface area contributed by atoms with E-state index in [2.05, 4.69) is 21.8 Å². The third-order valence-corrected chi connectivity index (χ3v) is 1.03. The fourth-order valence-electron chi connectivity index (χ4n) is 0.530. The zero-order valence-corrected chi connectivity index (χ0v) is 5.63. The van der Waals surface area contributed by atoms with Gasteiger partial charge < -0.3 is 0 Å². The van der Waals surface area contributed by atoms with Gasteiger partial charge >= 0.3 is 0 Å². The van der Waals surface area contributed by atoms with E-state index in [9.17, 15) is 0 Å². The maximum atomic E-state index is 3.98. The molecular formula is C6H9N3. The summed E-state index contributed by atoms with van der Waals surface area (Å²) in [5, 5.41) is 7.46. The van der Waals surface area contributed by atoms with Gasteiger partial charge in [0, 0.05) is 5.92 Å². The van der Waals surface area contributed by atoms with Gasteiger partial charge in [-0.1, -0.05) is 20.4 Å². The van der Waals surface area contributed by atoms with Gasteiger partial charge in [0.2, 0.25) is 0 Å². The lowest BCUT2D eigenvalue weighted by Gasteiger charge is -1.94. The van der Waals surface area contributed by atoms with Crippen LogP contribution in [0.25, 0.3) is 0 Å². The molecule has 1 heterocycles. The van der Waals surface area contributed by atoms with Gasteiger partial charge in [-0.3, -0.25) is 0 Å². The van der Waals surface area contributed by atoms with Crippen LogP contribution in [0.5, 0.6) is 0 Å². The lowest BCUT2D eigenvalue weighted by Crippen LogP contribution is -1.99. The van der Waals surface area contributed by atoms with Gasteiger partial charge in [0.05, 0.1) is 0 Å². The van der Waals surface area contributed by atoms with Crippen LogP contribution >= 0.6 is 0 Å². The van der Waals surface area contributed by atoms with Crippen molar-refractivity contribution in [2.75, 3.05) is 0 Å². The highest BCUT2D eigenvalue weighted by atomic mass is 15.3. The van der Waals surface area contributed by atoms with Crippen molar-refractivity contribution < 1.29 is 0 Å². The van der Waals surface area contributed by atoms with Gasteiger partial charge in [-0.25, -0.2) is 4.99 Å². The number of amidine groups is 1. The van der Waals surface area contributed by atoms with Crippen molar-refractivity contribution in [1.82, 2.24) is 0 Å². The Bertz CT molecular complexity index is 188. The van der Waals surface area contributed by atoms with Crippen LogP contribution in [-0.2, 0) is 0 Å². The Balaban J connectivity index is 2.75. The van der Waals surface area contributed by atoms with Gasteiger partial charge in [-0.05, 0) is 0 Å². The number of rotatable bonds is 1. The number of hydrogen-bond donors (Lipinski definition) is 0. The first-order valence-corrected chi connectivity index (χ1v) is 2.89. The molecule has 3 nitrogen and oxygen atoms in total. The summed E-state index contributed by atoms with van der Waals surface area (Å²) < 4.78 is 0. The number of hydrogen-bond acceptors (Lipinski definition) is 3. The molecule has 0 atom stereocenters. The van der Waals surface area contributed by atoms with Crippen LogP contribution in [0.1, 0.15) is 13.8 Å². The quantitative estimate of drug-likeness (QED) is 0.511. The Morgan fingerprint density at radius 1 is 1.33 bits per heavy atom. The summed E-state index contributed by atoms with van der Waals surface area (Å²) in [6.45, 7) is 7.59. The number of azo groups is 1. The van der Waals surface area contributed by atoms with E-state index in [-0.39, 0.29) is 0 Å². The van der Waals surface area contributed by atoms with E-state index in [4.69, 9.17) is 0 Å². The first-order valence-electron chi connectivity index (χ1n) is 2.89. The van der Waals surface area contributed by atoms with Crippen LogP contribution in [0.2, 0.25) is 0 Å². The topological polar surface area (TPSA) is 37.1 Å². The minimum atomic E-state index is 0.355. The highest BCUT2D eigenvalue weighted by Crippen LogP contribution is 2.11. The molecule has 0 aliphatic carbocycles. The van der Waals surface area contributed by atoms with Gasteiger partial charge in [0.1, 0.15) is 0 Å². The molecule has 1 aliphatic rings. The molecule has 0 fully saturated rings. The third-order valence-electron chi connectivity index (χ3n) is 1.03. The molecule has 1 aliphatic heterocycles. The molecule has 0 amide bonds. The summed E-state index contributed by atoms with van der Waals surface area (Å²) in [5.41, 5.74) is 0. The Labute approximate surface area is 54.2 Å². The number of nitrogens with zero attached hydrogens (tertiary/aromatic N) is 3. The normalized spacial score (nSPS) is 17.2. The van der Waals surface area contributed by atoms with Crippen molar-refractivity contribution in [2.45, 2.75) is 13.8 Å². The van der Waals surface area contributed by atoms with Crippen molar-refractivity contribution in [3.05, 3.63) is 12.4 Å². The summed E-state index contributed by atoms with van der Waals surface area (Å²) in [7, 11) is 0. The van der Waals surface area contributed by atoms with E-state index in [0.717, 1.165) is 5.84 Å². The SMILES string of the molecule is C=C1N=NC(C(C)C)=N1. The molecule has 1 rings (SSSR count). The van der Waals surface area contributed by atoms with Crippen LogP contribution in [0.15, 0.2) is 27.6 Å². The highest BCUT2D eigenvalue weighted by Gasteiger charge is 2.08. The summed E-state index contributed by atoms with van der Waals surface area (Å²) in [6, 6.07) is 0. The predicted molar refractivity (Wildman–Crippen MR) is 36.3 cm³/mol. The van der Waals surface area contributed by atoms with E-state index in [1.54, 1.807) is 0 Å². The molecule has 3 heteroatoms. The molecule has 0 unspecified atom stereocenters. The van der Waals surface area contributed by atoms with E-state index >= 15 is 0 Å². The average Bonchev–Trinajstić information content (AvgIpc) is 2.14. The maximum absolute atomic E-state index is 3.98. The molecule has 0 radical (unpaired) electrons. The Morgan fingerprint density at radius 3 is 2.22 bits per heavy atom. The third kappa shape index (κ3) is 1.22. The first-order chi connectivity index (χ1) is 4.20. The minimum absolute atomic E-state index is 0.355. The molecule has 0 aromatic carbocycles. The molecule has 0 saturated carbocycles. The standard InChI is InChI=1S/C6H9N3/c1-4(2)6-7-5(3)8-9-6/h4H,3H2,1-2H3. The Kier molecular flexibility index (Phi) is 1.42. The Morgan fingerprint density at radius 2 is 2.00 bits per heavy atom. The molecule has 9 heavy (non-hydrogen) atoms. The Hall–Kier alpha value is -0.990. The van der Waals surface area contributed by atoms with Crippen LogP contribution in [0.3, 0.4) is 0 Å². The molecule has 48 valence electrons. The van der Waals surface area contributed by atoms with Crippen molar-refractivity contribution in [3.8, 4) is 0 Å². The van der Waals surface area contributed by atoms with E-state index in [1.165, 1.54) is 0 Å². The maximum Gasteiger partial charge on any atom is 0.169 e. The van der Waals surface area contributed by atoms with Crippen molar-refractivity contribution in [2.24, 2.45) is 21.1 Å². The predicted octanol–water partition coefficient (Wildman–Crippen LogP) is 1.98. The molecule has 0 aromatic rings. The van der Waals surface area contributed by atoms with Gasteiger partial charge in [-0.15, -0.1) is 10.2 Å². The highest BCUT2D eigenvalue weighted by molar-refractivity contribution is 5.86. The average molecular weight is 123 g/mol. The molecule has 0 saturated heterocycles. The second-order valence-electron chi connectivity index (χ2n) is 2.24. The van der Waals surface area contributed by atoms with Crippen LogP contribution in [0.4, 0.5) is 0 Å².